The number of para-hydroxylation sites is 2. The maximum atomic E-state index is 5.12. The van der Waals surface area contributed by atoms with E-state index in [1.165, 1.54) is 36.7 Å². The average Bonchev–Trinajstić information content (AvgIpc) is 3.35. The van der Waals surface area contributed by atoms with Gasteiger partial charge in [0.15, 0.2) is 0 Å². The van der Waals surface area contributed by atoms with Crippen molar-refractivity contribution in [2.45, 2.75) is 0 Å². The number of benzene rings is 6. The minimum Gasteiger partial charge on any atom is -0.244 e. The van der Waals surface area contributed by atoms with Gasteiger partial charge in [-0.15, -0.1) is 11.3 Å². The highest BCUT2D eigenvalue weighted by molar-refractivity contribution is 7.26. The molecule has 6 aromatic carbocycles. The van der Waals surface area contributed by atoms with Gasteiger partial charge in [0.2, 0.25) is 0 Å². The Balaban J connectivity index is 1.40. The highest BCUT2D eigenvalue weighted by atomic mass is 32.1. The predicted molar refractivity (Wildman–Crippen MR) is 158 cm³/mol. The minimum absolute atomic E-state index is 0.915. The van der Waals surface area contributed by atoms with Crippen molar-refractivity contribution in [1.82, 2.24) is 9.97 Å². The van der Waals surface area contributed by atoms with E-state index in [1.807, 2.05) is 35.6 Å². The van der Waals surface area contributed by atoms with Gasteiger partial charge in [-0.2, -0.15) is 0 Å². The second-order valence-electron chi connectivity index (χ2n) is 9.42. The summed E-state index contributed by atoms with van der Waals surface area (Å²) in [7, 11) is 0. The van der Waals surface area contributed by atoms with Crippen molar-refractivity contribution in [1.29, 1.82) is 0 Å². The molecule has 0 atom stereocenters. The van der Waals surface area contributed by atoms with Crippen molar-refractivity contribution < 1.29 is 0 Å². The number of thiophene rings is 1. The third kappa shape index (κ3) is 3.18. The largest absolute Gasteiger partial charge is 0.244 e. The minimum atomic E-state index is 0.915. The molecule has 0 bridgehead atoms. The summed E-state index contributed by atoms with van der Waals surface area (Å²) < 4.78 is 2.65. The molecule has 0 aliphatic carbocycles. The molecule has 3 heteroatoms. The van der Waals surface area contributed by atoms with Crippen LogP contribution in [0.25, 0.3) is 75.3 Å². The standard InChI is InChI=1S/C34H20N2S/c1-2-12-24-23(9-1)20-28(33-32(24)35-29-16-4-5-17-30(29)36-33)22-11-7-10-21(19-22)25-14-8-15-27-26-13-3-6-18-31(26)37-34(25)27/h1-20H. The Morgan fingerprint density at radius 2 is 1.11 bits per heavy atom. The maximum absolute atomic E-state index is 5.12. The molecule has 0 saturated heterocycles. The van der Waals surface area contributed by atoms with E-state index in [1.54, 1.807) is 0 Å². The second-order valence-corrected chi connectivity index (χ2v) is 10.5. The van der Waals surface area contributed by atoms with Gasteiger partial charge in [-0.1, -0.05) is 91.0 Å². The number of hydrogen-bond acceptors (Lipinski definition) is 3. The van der Waals surface area contributed by atoms with Gasteiger partial charge in [0.25, 0.3) is 0 Å². The third-order valence-corrected chi connectivity index (χ3v) is 8.45. The smallest absolute Gasteiger partial charge is 0.0979 e. The molecule has 0 radical (unpaired) electrons. The summed E-state index contributed by atoms with van der Waals surface area (Å²) in [6.45, 7) is 0. The van der Waals surface area contributed by atoms with E-state index in [0.29, 0.717) is 0 Å². The van der Waals surface area contributed by atoms with E-state index >= 15 is 0 Å². The van der Waals surface area contributed by atoms with E-state index in [-0.39, 0.29) is 0 Å². The molecule has 0 fully saturated rings. The van der Waals surface area contributed by atoms with Gasteiger partial charge < -0.3 is 0 Å². The normalized spacial score (nSPS) is 11.8. The molecule has 0 aliphatic heterocycles. The molecule has 0 unspecified atom stereocenters. The van der Waals surface area contributed by atoms with Crippen LogP contribution in [0.15, 0.2) is 121 Å². The lowest BCUT2D eigenvalue weighted by Gasteiger charge is -2.12. The summed E-state index contributed by atoms with van der Waals surface area (Å²) in [6, 6.07) is 43.0. The van der Waals surface area contributed by atoms with Crippen molar-refractivity contribution in [3.05, 3.63) is 121 Å². The molecule has 0 amide bonds. The van der Waals surface area contributed by atoms with Crippen molar-refractivity contribution in [2.75, 3.05) is 0 Å². The Kier molecular flexibility index (Phi) is 4.42. The topological polar surface area (TPSA) is 25.8 Å². The van der Waals surface area contributed by atoms with Crippen molar-refractivity contribution in [2.24, 2.45) is 0 Å². The van der Waals surface area contributed by atoms with Crippen LogP contribution in [0.3, 0.4) is 0 Å². The van der Waals surface area contributed by atoms with Gasteiger partial charge >= 0.3 is 0 Å². The first-order valence-electron chi connectivity index (χ1n) is 12.4. The summed E-state index contributed by atoms with van der Waals surface area (Å²) in [4.78, 5) is 10.2. The van der Waals surface area contributed by atoms with Gasteiger partial charge in [-0.25, -0.2) is 9.97 Å². The van der Waals surface area contributed by atoms with Crippen LogP contribution in [0.2, 0.25) is 0 Å². The molecule has 0 aliphatic rings. The SMILES string of the molecule is c1cc(-c2cc3ccccc3c3nc4ccccc4nc23)cc(-c2cccc3c2sc2ccccc23)c1. The maximum Gasteiger partial charge on any atom is 0.0979 e. The van der Waals surface area contributed by atoms with E-state index in [0.717, 1.165) is 38.6 Å². The van der Waals surface area contributed by atoms with Crippen LogP contribution in [-0.2, 0) is 0 Å². The number of rotatable bonds is 2. The summed E-state index contributed by atoms with van der Waals surface area (Å²) in [5.41, 5.74) is 8.46. The van der Waals surface area contributed by atoms with Crippen LogP contribution in [0.1, 0.15) is 0 Å². The molecule has 0 spiro atoms. The number of aromatic nitrogens is 2. The van der Waals surface area contributed by atoms with E-state index < -0.39 is 0 Å². The lowest BCUT2D eigenvalue weighted by Crippen LogP contribution is -1.92. The first kappa shape index (κ1) is 20.6. The fourth-order valence-corrected chi connectivity index (χ4v) is 6.73. The zero-order valence-corrected chi connectivity index (χ0v) is 20.7. The Morgan fingerprint density at radius 1 is 0.459 bits per heavy atom. The fraction of sp³-hybridized carbons (Fsp3) is 0. The molecular weight excluding hydrogens is 468 g/mol. The predicted octanol–water partition coefficient (Wildman–Crippen LogP) is 9.64. The van der Waals surface area contributed by atoms with Crippen LogP contribution in [-0.4, -0.2) is 9.97 Å². The first-order chi connectivity index (χ1) is 18.3. The molecule has 37 heavy (non-hydrogen) atoms. The summed E-state index contributed by atoms with van der Waals surface area (Å²) in [6.07, 6.45) is 0. The highest BCUT2D eigenvalue weighted by Crippen LogP contribution is 2.41. The van der Waals surface area contributed by atoms with Crippen molar-refractivity contribution >= 4 is 64.3 Å². The van der Waals surface area contributed by atoms with E-state index in [2.05, 4.69) is 97.1 Å². The average molecular weight is 489 g/mol. The Bertz CT molecular complexity index is 2160. The van der Waals surface area contributed by atoms with Crippen LogP contribution in [0.4, 0.5) is 0 Å². The van der Waals surface area contributed by atoms with Crippen LogP contribution >= 0.6 is 11.3 Å². The number of hydrogen-bond donors (Lipinski definition) is 0. The van der Waals surface area contributed by atoms with Crippen LogP contribution in [0.5, 0.6) is 0 Å². The highest BCUT2D eigenvalue weighted by Gasteiger charge is 2.15. The number of nitrogens with zero attached hydrogens (tertiary/aromatic N) is 2. The van der Waals surface area contributed by atoms with E-state index in [9.17, 15) is 0 Å². The molecule has 8 aromatic rings. The van der Waals surface area contributed by atoms with Crippen molar-refractivity contribution in [3.8, 4) is 22.3 Å². The molecule has 172 valence electrons. The zero-order valence-electron chi connectivity index (χ0n) is 19.8. The molecule has 0 saturated carbocycles. The molecule has 8 rings (SSSR count). The molecule has 0 N–H and O–H groups in total. The van der Waals surface area contributed by atoms with E-state index in [4.69, 9.17) is 9.97 Å². The second kappa shape index (κ2) is 7.95. The molecular formula is C34H20N2S. The lowest BCUT2D eigenvalue weighted by molar-refractivity contribution is 1.40. The van der Waals surface area contributed by atoms with Gasteiger partial charge in [0.1, 0.15) is 0 Å². The van der Waals surface area contributed by atoms with Gasteiger partial charge in [0, 0.05) is 31.1 Å². The Labute approximate surface area is 217 Å². The molecule has 2 heterocycles. The van der Waals surface area contributed by atoms with Crippen LogP contribution < -0.4 is 0 Å². The fourth-order valence-electron chi connectivity index (χ4n) is 5.49. The Morgan fingerprint density at radius 3 is 1.97 bits per heavy atom. The summed E-state index contributed by atoms with van der Waals surface area (Å²) >= 11 is 1.87. The molecule has 2 nitrogen and oxygen atoms in total. The summed E-state index contributed by atoms with van der Waals surface area (Å²) in [5, 5.41) is 4.94. The monoisotopic (exact) mass is 488 g/mol. The van der Waals surface area contributed by atoms with Gasteiger partial charge in [0.05, 0.1) is 22.1 Å². The van der Waals surface area contributed by atoms with Gasteiger partial charge in [-0.05, 0) is 52.4 Å². The van der Waals surface area contributed by atoms with Crippen LogP contribution in [0, 0.1) is 0 Å². The quantitative estimate of drug-likeness (QED) is 0.179. The number of fused-ring (bicyclic) bond motifs is 7. The van der Waals surface area contributed by atoms with Crippen molar-refractivity contribution in [3.63, 3.8) is 0 Å². The van der Waals surface area contributed by atoms with Gasteiger partial charge in [-0.3, -0.25) is 0 Å². The third-order valence-electron chi connectivity index (χ3n) is 7.23. The first-order valence-corrected chi connectivity index (χ1v) is 13.2. The Hall–Kier alpha value is -4.60. The summed E-state index contributed by atoms with van der Waals surface area (Å²) in [5.74, 6) is 0. The lowest BCUT2D eigenvalue weighted by atomic mass is 9.95. The molecule has 2 aromatic heterocycles. The zero-order chi connectivity index (χ0) is 24.3.